The molecular weight excluding hydrogens is 384 g/mol. The number of carbonyl (C=O) groups excluding carboxylic acids is 1. The summed E-state index contributed by atoms with van der Waals surface area (Å²) in [5.41, 5.74) is 2.05. The van der Waals surface area contributed by atoms with Gasteiger partial charge in [0.1, 0.15) is 24.2 Å². The normalized spacial score (nSPS) is 28.1. The Kier molecular flexibility index (Phi) is 6.20. The van der Waals surface area contributed by atoms with E-state index in [1.165, 1.54) is 0 Å². The van der Waals surface area contributed by atoms with E-state index in [2.05, 4.69) is 0 Å². The second-order valence-corrected chi connectivity index (χ2v) is 8.11. The Morgan fingerprint density at radius 3 is 2.47 bits per heavy atom. The van der Waals surface area contributed by atoms with E-state index in [1.807, 2.05) is 68.4 Å². The molecule has 6 nitrogen and oxygen atoms in total. The highest BCUT2D eigenvalue weighted by atomic mass is 16.8. The molecule has 6 heteroatoms. The van der Waals surface area contributed by atoms with Crippen LogP contribution < -0.4 is 4.74 Å². The maximum atomic E-state index is 11.5. The summed E-state index contributed by atoms with van der Waals surface area (Å²) in [6.07, 6.45) is -0.404. The second kappa shape index (κ2) is 8.86. The van der Waals surface area contributed by atoms with Gasteiger partial charge in [0.15, 0.2) is 12.1 Å². The summed E-state index contributed by atoms with van der Waals surface area (Å²) in [5.74, 6) is -0.164. The van der Waals surface area contributed by atoms with Crippen molar-refractivity contribution in [3.8, 4) is 5.75 Å². The van der Waals surface area contributed by atoms with Crippen molar-refractivity contribution in [3.63, 3.8) is 0 Å². The van der Waals surface area contributed by atoms with Gasteiger partial charge in [-0.2, -0.15) is 0 Å². The second-order valence-electron chi connectivity index (χ2n) is 8.11. The predicted octanol–water partition coefficient (Wildman–Crippen LogP) is 3.83. The lowest BCUT2D eigenvalue weighted by Crippen LogP contribution is -2.39. The zero-order valence-corrected chi connectivity index (χ0v) is 17.5. The summed E-state index contributed by atoms with van der Waals surface area (Å²) < 4.78 is 30.0. The molecular formula is C24H28O6. The fourth-order valence-electron chi connectivity index (χ4n) is 4.20. The molecule has 2 fully saturated rings. The molecule has 5 atom stereocenters. The molecule has 0 aromatic heterocycles. The van der Waals surface area contributed by atoms with Crippen LogP contribution in [0.15, 0.2) is 54.6 Å². The molecule has 160 valence electrons. The maximum absolute atomic E-state index is 11.5. The van der Waals surface area contributed by atoms with Crippen molar-refractivity contribution in [3.05, 3.63) is 65.7 Å². The minimum atomic E-state index is -0.741. The Morgan fingerprint density at radius 1 is 1.07 bits per heavy atom. The summed E-state index contributed by atoms with van der Waals surface area (Å²) in [6.45, 7) is 4.16. The Morgan fingerprint density at radius 2 is 1.80 bits per heavy atom. The van der Waals surface area contributed by atoms with Gasteiger partial charge < -0.3 is 28.5 Å². The predicted molar refractivity (Wildman–Crippen MR) is 110 cm³/mol. The minimum Gasteiger partial charge on any atom is -0.497 e. The van der Waals surface area contributed by atoms with E-state index >= 15 is 0 Å². The van der Waals surface area contributed by atoms with Gasteiger partial charge >= 0.3 is 0 Å². The Bertz CT molecular complexity index is 835. The average molecular weight is 412 g/mol. The molecule has 0 saturated carbocycles. The molecule has 2 aromatic rings. The van der Waals surface area contributed by atoms with Gasteiger partial charge in [0.2, 0.25) is 0 Å². The van der Waals surface area contributed by atoms with E-state index in [0.29, 0.717) is 13.0 Å². The highest BCUT2D eigenvalue weighted by Crippen LogP contribution is 2.44. The van der Waals surface area contributed by atoms with Gasteiger partial charge in [-0.3, -0.25) is 0 Å². The van der Waals surface area contributed by atoms with E-state index < -0.39 is 12.1 Å². The van der Waals surface area contributed by atoms with Crippen molar-refractivity contribution in [1.82, 2.24) is 0 Å². The molecule has 2 saturated heterocycles. The molecule has 2 aliphatic rings. The largest absolute Gasteiger partial charge is 0.497 e. The first-order chi connectivity index (χ1) is 14.5. The Labute approximate surface area is 177 Å². The maximum Gasteiger partial charge on any atom is 0.190 e. The summed E-state index contributed by atoms with van der Waals surface area (Å²) >= 11 is 0. The zero-order valence-electron chi connectivity index (χ0n) is 17.5. The first-order valence-electron chi connectivity index (χ1n) is 10.2. The number of fused-ring (bicyclic) bond motifs is 1. The van der Waals surface area contributed by atoms with Crippen LogP contribution in [0.3, 0.4) is 0 Å². The fraction of sp³-hybridized carbons (Fsp3) is 0.458. The van der Waals surface area contributed by atoms with Gasteiger partial charge in [-0.05, 0) is 37.1 Å². The van der Waals surface area contributed by atoms with E-state index in [0.717, 1.165) is 23.2 Å². The number of carbonyl (C=O) groups is 1. The van der Waals surface area contributed by atoms with Crippen LogP contribution in [0.25, 0.3) is 0 Å². The standard InChI is InChI=1S/C24H28O6/c1-24(2)29-22-21(27-15-16-7-5-4-6-8-16)20(28-23(22)30-24)19(13-14-25)17-9-11-18(26-3)12-10-17/h4-12,14,19-23H,13,15H2,1-3H3/t19-,20-,21+,22-,23-/m1/s1. The molecule has 2 heterocycles. The first-order valence-corrected chi connectivity index (χ1v) is 10.2. The number of methoxy groups -OCH3 is 1. The van der Waals surface area contributed by atoms with Gasteiger partial charge in [-0.1, -0.05) is 42.5 Å². The molecule has 0 amide bonds. The number of ether oxygens (including phenoxy) is 5. The third-order valence-corrected chi connectivity index (χ3v) is 5.60. The molecule has 2 aliphatic heterocycles. The van der Waals surface area contributed by atoms with Crippen molar-refractivity contribution >= 4 is 6.29 Å². The molecule has 2 aromatic carbocycles. The van der Waals surface area contributed by atoms with Crippen LogP contribution in [0.2, 0.25) is 0 Å². The number of hydrogen-bond acceptors (Lipinski definition) is 6. The summed E-state index contributed by atoms with van der Waals surface area (Å²) in [7, 11) is 1.63. The number of benzene rings is 2. The van der Waals surface area contributed by atoms with Crippen molar-refractivity contribution in [2.75, 3.05) is 7.11 Å². The van der Waals surface area contributed by atoms with Gasteiger partial charge in [0.05, 0.1) is 19.8 Å². The van der Waals surface area contributed by atoms with Crippen molar-refractivity contribution in [1.29, 1.82) is 0 Å². The molecule has 30 heavy (non-hydrogen) atoms. The molecule has 0 unspecified atom stereocenters. The molecule has 0 N–H and O–H groups in total. The monoisotopic (exact) mass is 412 g/mol. The van der Waals surface area contributed by atoms with E-state index in [-0.39, 0.29) is 24.2 Å². The number of aldehydes is 1. The van der Waals surface area contributed by atoms with Crippen molar-refractivity contribution in [2.24, 2.45) is 0 Å². The molecule has 0 aliphatic carbocycles. The van der Waals surface area contributed by atoms with Crippen molar-refractivity contribution < 1.29 is 28.5 Å². The molecule has 0 radical (unpaired) electrons. The zero-order chi connectivity index (χ0) is 21.1. The van der Waals surface area contributed by atoms with Crippen LogP contribution in [0, 0.1) is 0 Å². The smallest absolute Gasteiger partial charge is 0.190 e. The topological polar surface area (TPSA) is 63.2 Å². The van der Waals surface area contributed by atoms with E-state index in [1.54, 1.807) is 7.11 Å². The van der Waals surface area contributed by atoms with Crippen LogP contribution in [0.1, 0.15) is 37.3 Å². The van der Waals surface area contributed by atoms with E-state index in [4.69, 9.17) is 23.7 Å². The Balaban J connectivity index is 1.59. The quantitative estimate of drug-likeness (QED) is 0.614. The van der Waals surface area contributed by atoms with Gasteiger partial charge in [-0.25, -0.2) is 0 Å². The summed E-state index contributed by atoms with van der Waals surface area (Å²) in [4.78, 5) is 11.5. The molecule has 0 bridgehead atoms. The number of rotatable bonds is 8. The third-order valence-electron chi connectivity index (χ3n) is 5.60. The van der Waals surface area contributed by atoms with Crippen LogP contribution in [0.5, 0.6) is 5.75 Å². The summed E-state index contributed by atoms with van der Waals surface area (Å²) in [5, 5.41) is 0. The lowest BCUT2D eigenvalue weighted by atomic mass is 9.87. The minimum absolute atomic E-state index is 0.185. The van der Waals surface area contributed by atoms with E-state index in [9.17, 15) is 4.79 Å². The summed E-state index contributed by atoms with van der Waals surface area (Å²) in [6, 6.07) is 17.7. The van der Waals surface area contributed by atoms with Crippen LogP contribution in [0.4, 0.5) is 0 Å². The highest BCUT2D eigenvalue weighted by molar-refractivity contribution is 5.52. The lowest BCUT2D eigenvalue weighted by molar-refractivity contribution is -0.222. The van der Waals surface area contributed by atoms with Gasteiger partial charge in [-0.15, -0.1) is 0 Å². The molecule has 0 spiro atoms. The van der Waals surface area contributed by atoms with Gasteiger partial charge in [0.25, 0.3) is 0 Å². The lowest BCUT2D eigenvalue weighted by Gasteiger charge is -2.30. The number of hydrogen-bond donors (Lipinski definition) is 0. The molecule has 4 rings (SSSR count). The van der Waals surface area contributed by atoms with Crippen LogP contribution >= 0.6 is 0 Å². The van der Waals surface area contributed by atoms with Crippen LogP contribution in [-0.4, -0.2) is 43.8 Å². The Hall–Kier alpha value is -2.25. The first kappa shape index (κ1) is 21.0. The van der Waals surface area contributed by atoms with Crippen LogP contribution in [-0.2, 0) is 30.3 Å². The fourth-order valence-corrected chi connectivity index (χ4v) is 4.20. The highest BCUT2D eigenvalue weighted by Gasteiger charge is 2.57. The average Bonchev–Trinajstić information content (AvgIpc) is 3.23. The SMILES string of the molecule is COc1ccc([C@@H](CC=O)[C@H]2O[C@@H]3OC(C)(C)O[C@@H]3[C@H]2OCc2ccccc2)cc1. The van der Waals surface area contributed by atoms with Gasteiger partial charge in [0, 0.05) is 12.3 Å². The van der Waals surface area contributed by atoms with Crippen molar-refractivity contribution in [2.45, 2.75) is 63.2 Å². The third kappa shape index (κ3) is 4.42.